The molecule has 1 fully saturated rings. The van der Waals surface area contributed by atoms with Gasteiger partial charge in [-0.3, -0.25) is 9.59 Å². The number of carbonyl (C=O) groups excluding carboxylic acids is 2. The van der Waals surface area contributed by atoms with Crippen LogP contribution < -0.4 is 5.32 Å². The predicted octanol–water partition coefficient (Wildman–Crippen LogP) is 1.94. The third-order valence-electron chi connectivity index (χ3n) is 3.59. The number of halogens is 1. The Bertz CT molecular complexity index is 496. The van der Waals surface area contributed by atoms with Crippen molar-refractivity contribution in [3.05, 3.63) is 28.7 Å². The van der Waals surface area contributed by atoms with E-state index >= 15 is 0 Å². The van der Waals surface area contributed by atoms with Crippen LogP contribution in [0.25, 0.3) is 0 Å². The summed E-state index contributed by atoms with van der Waals surface area (Å²) in [5.41, 5.74) is 1.01. The standard InChI is InChI=1S/C15H20BrN3O2/c1-12(20)18-8-10-19(11-9-18)15(21)6-7-17-14-4-2-13(16)3-5-14/h2-5,17H,6-11H2,1H3. The van der Waals surface area contributed by atoms with Gasteiger partial charge in [-0.2, -0.15) is 0 Å². The molecular weight excluding hydrogens is 334 g/mol. The van der Waals surface area contributed by atoms with Gasteiger partial charge in [-0.1, -0.05) is 15.9 Å². The Morgan fingerprint density at radius 2 is 1.67 bits per heavy atom. The molecule has 0 spiro atoms. The molecule has 114 valence electrons. The van der Waals surface area contributed by atoms with E-state index < -0.39 is 0 Å². The Kier molecular flexibility index (Phi) is 5.61. The van der Waals surface area contributed by atoms with Gasteiger partial charge in [0.2, 0.25) is 11.8 Å². The van der Waals surface area contributed by atoms with E-state index in [9.17, 15) is 9.59 Å². The Balaban J connectivity index is 1.70. The first kappa shape index (κ1) is 15.8. The molecule has 0 aliphatic carbocycles. The number of benzene rings is 1. The summed E-state index contributed by atoms with van der Waals surface area (Å²) in [4.78, 5) is 26.9. The zero-order valence-electron chi connectivity index (χ0n) is 12.1. The highest BCUT2D eigenvalue weighted by Gasteiger charge is 2.21. The van der Waals surface area contributed by atoms with E-state index in [0.29, 0.717) is 39.1 Å². The quantitative estimate of drug-likeness (QED) is 0.899. The summed E-state index contributed by atoms with van der Waals surface area (Å²) < 4.78 is 1.03. The van der Waals surface area contributed by atoms with Crippen molar-refractivity contribution in [3.63, 3.8) is 0 Å². The van der Waals surface area contributed by atoms with Gasteiger partial charge < -0.3 is 15.1 Å². The highest BCUT2D eigenvalue weighted by atomic mass is 79.9. The van der Waals surface area contributed by atoms with Crippen LogP contribution in [0.2, 0.25) is 0 Å². The molecule has 1 aromatic carbocycles. The molecule has 0 radical (unpaired) electrons. The average Bonchev–Trinajstić information content (AvgIpc) is 2.49. The molecule has 2 amide bonds. The number of hydrogen-bond acceptors (Lipinski definition) is 3. The minimum Gasteiger partial charge on any atom is -0.385 e. The Labute approximate surface area is 133 Å². The molecule has 1 saturated heterocycles. The Hall–Kier alpha value is -1.56. The molecule has 1 aromatic rings. The molecule has 6 heteroatoms. The lowest BCUT2D eigenvalue weighted by Crippen LogP contribution is -2.50. The normalized spacial score (nSPS) is 15.0. The van der Waals surface area contributed by atoms with Gasteiger partial charge in [0.05, 0.1) is 0 Å². The second-order valence-corrected chi connectivity index (χ2v) is 5.99. The monoisotopic (exact) mass is 353 g/mol. The Morgan fingerprint density at radius 1 is 1.10 bits per heavy atom. The van der Waals surface area contributed by atoms with Gasteiger partial charge in [-0.05, 0) is 24.3 Å². The van der Waals surface area contributed by atoms with Crippen LogP contribution in [-0.4, -0.2) is 54.3 Å². The zero-order chi connectivity index (χ0) is 15.2. The molecule has 0 bridgehead atoms. The van der Waals surface area contributed by atoms with E-state index in [1.807, 2.05) is 29.2 Å². The van der Waals surface area contributed by atoms with Crippen molar-refractivity contribution in [1.29, 1.82) is 0 Å². The number of hydrogen-bond donors (Lipinski definition) is 1. The van der Waals surface area contributed by atoms with Gasteiger partial charge in [-0.25, -0.2) is 0 Å². The van der Waals surface area contributed by atoms with Crippen molar-refractivity contribution in [2.24, 2.45) is 0 Å². The number of nitrogens with one attached hydrogen (secondary N) is 1. The molecule has 5 nitrogen and oxygen atoms in total. The van der Waals surface area contributed by atoms with Gasteiger partial charge in [0.25, 0.3) is 0 Å². The molecule has 2 rings (SSSR count). The minimum absolute atomic E-state index is 0.0824. The number of rotatable bonds is 4. The predicted molar refractivity (Wildman–Crippen MR) is 86.1 cm³/mol. The van der Waals surface area contributed by atoms with Crippen LogP contribution in [0.15, 0.2) is 28.7 Å². The summed E-state index contributed by atoms with van der Waals surface area (Å²) in [6.45, 7) is 4.74. The van der Waals surface area contributed by atoms with Gasteiger partial charge in [0.15, 0.2) is 0 Å². The first-order valence-electron chi connectivity index (χ1n) is 7.09. The third-order valence-corrected chi connectivity index (χ3v) is 4.12. The number of amides is 2. The highest BCUT2D eigenvalue weighted by molar-refractivity contribution is 9.10. The highest BCUT2D eigenvalue weighted by Crippen LogP contribution is 2.14. The van der Waals surface area contributed by atoms with E-state index in [0.717, 1.165) is 10.2 Å². The van der Waals surface area contributed by atoms with E-state index in [1.54, 1.807) is 11.8 Å². The first-order chi connectivity index (χ1) is 10.1. The molecule has 0 aromatic heterocycles. The first-order valence-corrected chi connectivity index (χ1v) is 7.88. The molecule has 21 heavy (non-hydrogen) atoms. The summed E-state index contributed by atoms with van der Waals surface area (Å²) >= 11 is 3.39. The van der Waals surface area contributed by atoms with E-state index in [1.165, 1.54) is 0 Å². The fraction of sp³-hybridized carbons (Fsp3) is 0.467. The average molecular weight is 354 g/mol. The molecule has 1 N–H and O–H groups in total. The second kappa shape index (κ2) is 7.45. The van der Waals surface area contributed by atoms with Crippen LogP contribution in [0.5, 0.6) is 0 Å². The van der Waals surface area contributed by atoms with Crippen LogP contribution in [0, 0.1) is 0 Å². The molecule has 0 unspecified atom stereocenters. The maximum atomic E-state index is 12.1. The molecule has 1 aliphatic rings. The van der Waals surface area contributed by atoms with Crippen molar-refractivity contribution in [1.82, 2.24) is 9.80 Å². The number of piperazine rings is 1. The van der Waals surface area contributed by atoms with Crippen LogP contribution in [0.4, 0.5) is 5.69 Å². The molecule has 1 heterocycles. The zero-order valence-corrected chi connectivity index (χ0v) is 13.7. The van der Waals surface area contributed by atoms with Crippen LogP contribution in [0.3, 0.4) is 0 Å². The number of anilines is 1. The lowest BCUT2D eigenvalue weighted by molar-refractivity contribution is -0.138. The SMILES string of the molecule is CC(=O)N1CCN(C(=O)CCNc2ccc(Br)cc2)CC1. The smallest absolute Gasteiger partial charge is 0.224 e. The second-order valence-electron chi connectivity index (χ2n) is 5.07. The summed E-state index contributed by atoms with van der Waals surface area (Å²) in [5, 5.41) is 3.24. The maximum absolute atomic E-state index is 12.1. The summed E-state index contributed by atoms with van der Waals surface area (Å²) in [6, 6.07) is 7.87. The van der Waals surface area contributed by atoms with E-state index in [2.05, 4.69) is 21.2 Å². The summed E-state index contributed by atoms with van der Waals surface area (Å²) in [6.07, 6.45) is 0.468. The fourth-order valence-corrected chi connectivity index (χ4v) is 2.57. The summed E-state index contributed by atoms with van der Waals surface area (Å²) in [7, 11) is 0. The van der Waals surface area contributed by atoms with Crippen molar-refractivity contribution >= 4 is 33.4 Å². The minimum atomic E-state index is 0.0824. The largest absolute Gasteiger partial charge is 0.385 e. The van der Waals surface area contributed by atoms with Gasteiger partial charge in [0.1, 0.15) is 0 Å². The third kappa shape index (κ3) is 4.74. The molecule has 1 aliphatic heterocycles. The summed E-state index contributed by atoms with van der Waals surface area (Å²) in [5.74, 6) is 0.224. The molecular formula is C15H20BrN3O2. The van der Waals surface area contributed by atoms with Crippen molar-refractivity contribution < 1.29 is 9.59 Å². The van der Waals surface area contributed by atoms with Crippen molar-refractivity contribution in [3.8, 4) is 0 Å². The topological polar surface area (TPSA) is 52.7 Å². The molecule has 0 saturated carbocycles. The van der Waals surface area contributed by atoms with Crippen LogP contribution in [0.1, 0.15) is 13.3 Å². The van der Waals surface area contributed by atoms with Crippen LogP contribution in [-0.2, 0) is 9.59 Å². The van der Waals surface area contributed by atoms with Gasteiger partial charge in [-0.15, -0.1) is 0 Å². The lowest BCUT2D eigenvalue weighted by atomic mass is 10.2. The van der Waals surface area contributed by atoms with Crippen molar-refractivity contribution in [2.45, 2.75) is 13.3 Å². The van der Waals surface area contributed by atoms with Crippen molar-refractivity contribution in [2.75, 3.05) is 38.0 Å². The number of nitrogens with zero attached hydrogens (tertiary/aromatic N) is 2. The van der Waals surface area contributed by atoms with E-state index in [-0.39, 0.29) is 11.8 Å². The maximum Gasteiger partial charge on any atom is 0.224 e. The number of carbonyl (C=O) groups is 2. The van der Waals surface area contributed by atoms with Crippen LogP contribution >= 0.6 is 15.9 Å². The molecule has 0 atom stereocenters. The van der Waals surface area contributed by atoms with Gasteiger partial charge >= 0.3 is 0 Å². The van der Waals surface area contributed by atoms with E-state index in [4.69, 9.17) is 0 Å². The fourth-order valence-electron chi connectivity index (χ4n) is 2.31. The van der Waals surface area contributed by atoms with Gasteiger partial charge in [0, 0.05) is 56.2 Å². The lowest BCUT2D eigenvalue weighted by Gasteiger charge is -2.34. The Morgan fingerprint density at radius 3 is 2.24 bits per heavy atom.